The molecule has 11 heteroatoms. The number of urea groups is 1. The van der Waals surface area contributed by atoms with E-state index in [0.29, 0.717) is 39.8 Å². The molecule has 0 heterocycles. The predicted octanol–water partition coefficient (Wildman–Crippen LogP) is 3.37. The van der Waals surface area contributed by atoms with Gasteiger partial charge in [-0.25, -0.2) is 0 Å². The number of ether oxygens (including phenoxy) is 3. The van der Waals surface area contributed by atoms with E-state index in [1.165, 1.54) is 27.2 Å². The van der Waals surface area contributed by atoms with Crippen molar-refractivity contribution in [2.45, 2.75) is 19.3 Å². The van der Waals surface area contributed by atoms with Gasteiger partial charge in [-0.05, 0) is 0 Å². The van der Waals surface area contributed by atoms with Crippen LogP contribution in [-0.2, 0) is 15.0 Å². The molecule has 0 saturated heterocycles. The zero-order valence-electron chi connectivity index (χ0n) is 21.2. The number of carbonyl (C=O) groups is 4. The molecule has 3 amide bonds. The second kappa shape index (κ2) is 11.8. The third-order valence-corrected chi connectivity index (χ3v) is 6.79. The number of nitrogens with one attached hydrogen (secondary N) is 2. The normalized spacial score (nSPS) is 12.0. The van der Waals surface area contributed by atoms with Crippen molar-refractivity contribution in [2.24, 2.45) is 5.73 Å². The van der Waals surface area contributed by atoms with Crippen molar-refractivity contribution in [1.82, 2.24) is 0 Å². The van der Waals surface area contributed by atoms with Crippen LogP contribution in [0.15, 0.2) is 60.7 Å². The number of esters is 1. The van der Waals surface area contributed by atoms with Crippen molar-refractivity contribution in [3.05, 3.63) is 77.4 Å². The number of hydrogen-bond acceptors (Lipinski definition) is 7. The first kappa shape index (κ1) is 28.3. The van der Waals surface area contributed by atoms with Crippen LogP contribution in [0.1, 0.15) is 35.3 Å². The van der Waals surface area contributed by atoms with Gasteiger partial charge in [-0.1, -0.05) is 0 Å². The van der Waals surface area contributed by atoms with Gasteiger partial charge in [0.05, 0.1) is 0 Å². The van der Waals surface area contributed by atoms with Crippen LogP contribution in [0.3, 0.4) is 0 Å². The molecule has 10 nitrogen and oxygen atoms in total. The minimum absolute atomic E-state index is 0.117. The minimum atomic E-state index is -1.28. The van der Waals surface area contributed by atoms with E-state index >= 15 is 0 Å². The van der Waals surface area contributed by atoms with Gasteiger partial charge in [0, 0.05) is 6.92 Å². The topological polar surface area (TPSA) is 146 Å². The van der Waals surface area contributed by atoms with E-state index in [1.54, 1.807) is 61.5 Å². The third-order valence-electron chi connectivity index (χ3n) is 5.85. The molecule has 0 bridgehead atoms. The van der Waals surface area contributed by atoms with Gasteiger partial charge in [0.1, 0.15) is 5.75 Å². The Morgan fingerprint density at radius 3 is 1.79 bits per heavy atom. The summed E-state index contributed by atoms with van der Waals surface area (Å²) in [7, 11) is 2.88. The summed E-state index contributed by atoms with van der Waals surface area (Å²) in [5.41, 5.74) is 6.35. The summed E-state index contributed by atoms with van der Waals surface area (Å²) in [5, 5.41) is 5.39. The van der Waals surface area contributed by atoms with Crippen molar-refractivity contribution in [3.8, 4) is 17.2 Å². The van der Waals surface area contributed by atoms with Gasteiger partial charge >= 0.3 is 206 Å². The number of anilines is 2. The van der Waals surface area contributed by atoms with Crippen LogP contribution in [0.25, 0.3) is 0 Å². The maximum atomic E-state index is 13.0. The molecule has 1 atom stereocenters. The third kappa shape index (κ3) is 6.15. The van der Waals surface area contributed by atoms with Crippen LogP contribution >= 0.6 is 0 Å². The van der Waals surface area contributed by atoms with Crippen molar-refractivity contribution >= 4 is 50.7 Å². The van der Waals surface area contributed by atoms with E-state index in [1.807, 2.05) is 16.9 Å². The molecule has 0 aliphatic rings. The van der Waals surface area contributed by atoms with Crippen LogP contribution in [-0.4, -0.2) is 53.6 Å². The van der Waals surface area contributed by atoms with E-state index in [-0.39, 0.29) is 10.1 Å². The van der Waals surface area contributed by atoms with E-state index in [2.05, 4.69) is 10.6 Å². The van der Waals surface area contributed by atoms with Crippen molar-refractivity contribution in [1.29, 1.82) is 0 Å². The number of amides is 3. The average Bonchev–Trinajstić information content (AvgIpc) is 2.88. The van der Waals surface area contributed by atoms with Crippen LogP contribution < -0.4 is 30.6 Å². The summed E-state index contributed by atoms with van der Waals surface area (Å²) < 4.78 is 15.4. The van der Waals surface area contributed by atoms with Gasteiger partial charge in [0.15, 0.2) is 0 Å². The number of carbonyl (C=O) groups excluding carboxylic acids is 4. The van der Waals surface area contributed by atoms with Crippen molar-refractivity contribution in [3.63, 3.8) is 0 Å². The first-order chi connectivity index (χ1) is 18.0. The number of nitrogens with two attached hydrogens (primary N) is 1. The Hall–Kier alpha value is -4.30. The fraction of sp³-hybridized carbons (Fsp3) is 0.185. The SMILES string of the molecule is COc1cc(C(N)=O)c(C(C)(C(=O)[As])c2ccc(NC(=O)Nc3ccc(OC(C)=O)cc3)cc2)cc1OC. The zero-order valence-corrected chi connectivity index (χ0v) is 23.0. The average molecular weight is 579 g/mol. The van der Waals surface area contributed by atoms with E-state index in [4.69, 9.17) is 19.9 Å². The Kier molecular flexibility index (Phi) is 8.80. The molecule has 38 heavy (non-hydrogen) atoms. The standard InChI is InChI=1S/C27H26AsN3O7/c1-15(32)38-19-11-9-18(10-12-19)31-26(35)30-17-7-5-16(6-8-17)27(2,25(28)34)21-14-23(37-4)22(36-3)13-20(21)24(29)33/h5-14H,1-4H3,(H2,29,33)(H2,30,31,35). The molecule has 3 aromatic rings. The van der Waals surface area contributed by atoms with Gasteiger partial charge in [0.25, 0.3) is 0 Å². The summed E-state index contributed by atoms with van der Waals surface area (Å²) in [6, 6.07) is 15.4. The Bertz CT molecular complexity index is 1370. The fourth-order valence-electron chi connectivity index (χ4n) is 3.84. The maximum absolute atomic E-state index is 13.0. The van der Waals surface area contributed by atoms with Crippen LogP contribution in [0.5, 0.6) is 17.2 Å². The van der Waals surface area contributed by atoms with E-state index < -0.39 is 23.3 Å². The van der Waals surface area contributed by atoms with Gasteiger partial charge in [-0.3, -0.25) is 4.79 Å². The van der Waals surface area contributed by atoms with E-state index in [0.717, 1.165) is 0 Å². The van der Waals surface area contributed by atoms with Crippen LogP contribution in [0, 0.1) is 0 Å². The molecule has 0 aromatic heterocycles. The molecular weight excluding hydrogens is 553 g/mol. The molecule has 0 aliphatic heterocycles. The van der Waals surface area contributed by atoms with Crippen molar-refractivity contribution < 1.29 is 33.4 Å². The molecule has 3 aromatic carbocycles. The number of primary amides is 1. The zero-order chi connectivity index (χ0) is 28.0. The number of methoxy groups -OCH3 is 2. The molecule has 0 aliphatic carbocycles. The Labute approximate surface area is 228 Å². The Balaban J connectivity index is 1.86. The quantitative estimate of drug-likeness (QED) is 0.200. The molecule has 0 fully saturated rings. The first-order valence-corrected chi connectivity index (χ1v) is 12.2. The van der Waals surface area contributed by atoms with Crippen LogP contribution in [0.2, 0.25) is 0 Å². The molecule has 4 N–H and O–H groups in total. The molecule has 0 spiro atoms. The number of rotatable bonds is 9. The number of hydrogen-bond donors (Lipinski definition) is 3. The van der Waals surface area contributed by atoms with Gasteiger partial charge in [-0.15, -0.1) is 0 Å². The summed E-state index contributed by atoms with van der Waals surface area (Å²) in [6.07, 6.45) is 0. The predicted molar refractivity (Wildman–Crippen MR) is 142 cm³/mol. The van der Waals surface area contributed by atoms with Crippen LogP contribution in [0.4, 0.5) is 16.2 Å². The second-order valence-corrected chi connectivity index (χ2v) is 9.17. The van der Waals surface area contributed by atoms with Gasteiger partial charge in [0.2, 0.25) is 0 Å². The summed E-state index contributed by atoms with van der Waals surface area (Å²) in [5.74, 6) is -0.166. The monoisotopic (exact) mass is 579 g/mol. The number of benzene rings is 3. The van der Waals surface area contributed by atoms with E-state index in [9.17, 15) is 19.2 Å². The Morgan fingerprint density at radius 2 is 1.34 bits per heavy atom. The summed E-state index contributed by atoms with van der Waals surface area (Å²) >= 11 is 1.98. The van der Waals surface area contributed by atoms with Crippen molar-refractivity contribution in [2.75, 3.05) is 24.9 Å². The Morgan fingerprint density at radius 1 is 0.842 bits per heavy atom. The van der Waals surface area contributed by atoms with Gasteiger partial charge < -0.3 is 4.74 Å². The molecule has 2 radical (unpaired) electrons. The molecular formula is C27H26AsN3O7. The summed E-state index contributed by atoms with van der Waals surface area (Å²) in [6.45, 7) is 2.98. The summed E-state index contributed by atoms with van der Waals surface area (Å²) in [4.78, 5) is 48.8. The molecule has 1 unspecified atom stereocenters. The van der Waals surface area contributed by atoms with Gasteiger partial charge in [-0.2, -0.15) is 0 Å². The second-order valence-electron chi connectivity index (χ2n) is 8.32. The molecule has 196 valence electrons. The first-order valence-electron chi connectivity index (χ1n) is 11.3. The molecule has 0 saturated carbocycles. The molecule has 3 rings (SSSR count). The fourth-order valence-corrected chi connectivity index (χ4v) is 4.37.